The van der Waals surface area contributed by atoms with Gasteiger partial charge in [0.2, 0.25) is 10.0 Å². The van der Waals surface area contributed by atoms with Gasteiger partial charge in [-0.25, -0.2) is 13.1 Å². The van der Waals surface area contributed by atoms with Crippen LogP contribution in [0.15, 0.2) is 29.2 Å². The molecule has 2 aliphatic rings. The van der Waals surface area contributed by atoms with E-state index in [1.165, 1.54) is 24.2 Å². The highest BCUT2D eigenvalue weighted by Gasteiger charge is 2.43. The van der Waals surface area contributed by atoms with Crippen molar-refractivity contribution in [1.82, 2.24) is 4.72 Å². The molecule has 1 aliphatic carbocycles. The van der Waals surface area contributed by atoms with Gasteiger partial charge in [0.25, 0.3) is 0 Å². The first kappa shape index (κ1) is 17.9. The van der Waals surface area contributed by atoms with Crippen molar-refractivity contribution < 1.29 is 18.1 Å². The normalized spacial score (nSPS) is 22.4. The first-order chi connectivity index (χ1) is 11.5. The van der Waals surface area contributed by atoms with E-state index in [0.29, 0.717) is 11.4 Å². The van der Waals surface area contributed by atoms with Crippen LogP contribution in [0.3, 0.4) is 0 Å². The third kappa shape index (κ3) is 3.99. The molecule has 1 saturated carbocycles. The average Bonchev–Trinajstić information content (AvgIpc) is 2.62. The highest BCUT2D eigenvalue weighted by Crippen LogP contribution is 2.26. The standard InChI is InChI=1S/C18H28N2O3S/c1-16-5-7-17(8-6-16)24(21,22)19-15-18(9-3-2-4-10-18)20-11-13-23-14-12-20/h5-8,19H,2-4,9-15H2,1H3/p+1. The third-order valence-electron chi connectivity index (χ3n) is 5.59. The number of ether oxygens (including phenoxy) is 1. The van der Waals surface area contributed by atoms with Gasteiger partial charge in [-0.2, -0.15) is 0 Å². The monoisotopic (exact) mass is 353 g/mol. The van der Waals surface area contributed by atoms with E-state index < -0.39 is 10.0 Å². The molecule has 1 aromatic rings. The molecular weight excluding hydrogens is 324 g/mol. The highest BCUT2D eigenvalue weighted by molar-refractivity contribution is 7.89. The second-order valence-electron chi connectivity index (χ2n) is 7.19. The number of nitrogens with one attached hydrogen (secondary N) is 2. The van der Waals surface area contributed by atoms with E-state index in [0.717, 1.165) is 44.7 Å². The van der Waals surface area contributed by atoms with Gasteiger partial charge >= 0.3 is 0 Å². The number of benzene rings is 1. The van der Waals surface area contributed by atoms with Crippen LogP contribution in [0.2, 0.25) is 0 Å². The Kier molecular flexibility index (Phi) is 5.59. The Morgan fingerprint density at radius 3 is 2.33 bits per heavy atom. The van der Waals surface area contributed by atoms with Crippen molar-refractivity contribution >= 4 is 10.0 Å². The quantitative estimate of drug-likeness (QED) is 0.827. The molecule has 0 atom stereocenters. The summed E-state index contributed by atoms with van der Waals surface area (Å²) < 4.78 is 33.7. The topological polar surface area (TPSA) is 59.8 Å². The van der Waals surface area contributed by atoms with E-state index in [4.69, 9.17) is 4.74 Å². The zero-order valence-corrected chi connectivity index (χ0v) is 15.3. The summed E-state index contributed by atoms with van der Waals surface area (Å²) in [6.45, 7) is 6.00. The number of rotatable bonds is 5. The van der Waals surface area contributed by atoms with Crippen LogP contribution in [0.4, 0.5) is 0 Å². The molecule has 2 N–H and O–H groups in total. The largest absolute Gasteiger partial charge is 0.370 e. The van der Waals surface area contributed by atoms with Crippen LogP contribution < -0.4 is 9.62 Å². The minimum atomic E-state index is -3.45. The SMILES string of the molecule is Cc1ccc(S(=O)(=O)NCC2([NH+]3CCOCC3)CCCCC2)cc1. The molecule has 6 heteroatoms. The van der Waals surface area contributed by atoms with Gasteiger partial charge in [0.05, 0.1) is 24.7 Å². The molecule has 0 aromatic heterocycles. The van der Waals surface area contributed by atoms with Gasteiger partial charge < -0.3 is 9.64 Å². The fourth-order valence-corrected chi connectivity index (χ4v) is 5.19. The molecule has 1 saturated heterocycles. The summed E-state index contributed by atoms with van der Waals surface area (Å²) in [5, 5.41) is 0. The second kappa shape index (κ2) is 7.52. The van der Waals surface area contributed by atoms with Gasteiger partial charge in [-0.3, -0.25) is 0 Å². The van der Waals surface area contributed by atoms with E-state index in [2.05, 4.69) is 4.72 Å². The Bertz CT molecular complexity index is 631. The van der Waals surface area contributed by atoms with Crippen molar-refractivity contribution in [2.45, 2.75) is 49.5 Å². The van der Waals surface area contributed by atoms with Crippen LogP contribution in [-0.2, 0) is 14.8 Å². The zero-order valence-electron chi connectivity index (χ0n) is 14.5. The summed E-state index contributed by atoms with van der Waals surface area (Å²) >= 11 is 0. The van der Waals surface area contributed by atoms with Crippen LogP contribution >= 0.6 is 0 Å². The van der Waals surface area contributed by atoms with E-state index in [1.54, 1.807) is 12.1 Å². The first-order valence-corrected chi connectivity index (χ1v) is 10.5. The molecule has 5 nitrogen and oxygen atoms in total. The van der Waals surface area contributed by atoms with Gasteiger partial charge in [-0.15, -0.1) is 0 Å². The van der Waals surface area contributed by atoms with Crippen molar-refractivity contribution in [2.75, 3.05) is 32.8 Å². The molecule has 0 bridgehead atoms. The predicted octanol–water partition coefficient (Wildman–Crippen LogP) is 0.891. The maximum Gasteiger partial charge on any atom is 0.240 e. The lowest BCUT2D eigenvalue weighted by Gasteiger charge is -2.44. The maximum atomic E-state index is 12.7. The van der Waals surface area contributed by atoms with Crippen molar-refractivity contribution in [2.24, 2.45) is 0 Å². The van der Waals surface area contributed by atoms with Gasteiger partial charge in [0.1, 0.15) is 18.6 Å². The summed E-state index contributed by atoms with van der Waals surface area (Å²) in [6, 6.07) is 7.07. The van der Waals surface area contributed by atoms with E-state index in [-0.39, 0.29) is 5.54 Å². The maximum absolute atomic E-state index is 12.7. The Labute approximate surface area is 145 Å². The lowest BCUT2D eigenvalue weighted by molar-refractivity contribution is -0.960. The molecule has 134 valence electrons. The van der Waals surface area contributed by atoms with Crippen LogP contribution in [-0.4, -0.2) is 46.8 Å². The summed E-state index contributed by atoms with van der Waals surface area (Å²) in [4.78, 5) is 1.87. The lowest BCUT2D eigenvalue weighted by Crippen LogP contribution is -3.23. The summed E-state index contributed by atoms with van der Waals surface area (Å²) in [5.74, 6) is 0. The Morgan fingerprint density at radius 2 is 1.71 bits per heavy atom. The fourth-order valence-electron chi connectivity index (χ4n) is 4.07. The average molecular weight is 354 g/mol. The second-order valence-corrected chi connectivity index (χ2v) is 8.96. The Morgan fingerprint density at radius 1 is 1.08 bits per heavy atom. The van der Waals surface area contributed by atoms with Gasteiger partial charge in [0, 0.05) is 12.8 Å². The first-order valence-electron chi connectivity index (χ1n) is 9.01. The minimum Gasteiger partial charge on any atom is -0.370 e. The molecule has 1 aliphatic heterocycles. The molecule has 2 fully saturated rings. The molecule has 1 aromatic carbocycles. The van der Waals surface area contributed by atoms with Crippen molar-refractivity contribution in [3.8, 4) is 0 Å². The number of hydrogen-bond acceptors (Lipinski definition) is 3. The number of aryl methyl sites for hydroxylation is 1. The number of sulfonamides is 1. The van der Waals surface area contributed by atoms with E-state index in [1.807, 2.05) is 19.1 Å². The van der Waals surface area contributed by atoms with Crippen LogP contribution in [0.5, 0.6) is 0 Å². The third-order valence-corrected chi connectivity index (χ3v) is 7.01. The predicted molar refractivity (Wildman–Crippen MR) is 93.7 cm³/mol. The zero-order chi connectivity index (χ0) is 17.0. The van der Waals surface area contributed by atoms with Gasteiger partial charge in [-0.05, 0) is 31.9 Å². The van der Waals surface area contributed by atoms with Crippen LogP contribution in [0, 0.1) is 6.92 Å². The minimum absolute atomic E-state index is 0.0276. The summed E-state index contributed by atoms with van der Waals surface area (Å²) in [6.07, 6.45) is 5.83. The Balaban J connectivity index is 1.74. The molecule has 0 amide bonds. The number of morpholine rings is 1. The van der Waals surface area contributed by atoms with E-state index >= 15 is 0 Å². The van der Waals surface area contributed by atoms with Crippen molar-refractivity contribution in [1.29, 1.82) is 0 Å². The smallest absolute Gasteiger partial charge is 0.240 e. The number of quaternary nitrogens is 1. The molecule has 0 radical (unpaired) electrons. The molecule has 0 unspecified atom stereocenters. The van der Waals surface area contributed by atoms with Crippen LogP contribution in [0.25, 0.3) is 0 Å². The molecule has 24 heavy (non-hydrogen) atoms. The van der Waals surface area contributed by atoms with Crippen LogP contribution in [0.1, 0.15) is 37.7 Å². The Hall–Kier alpha value is -0.950. The van der Waals surface area contributed by atoms with Gasteiger partial charge in [-0.1, -0.05) is 24.1 Å². The highest BCUT2D eigenvalue weighted by atomic mass is 32.2. The van der Waals surface area contributed by atoms with E-state index in [9.17, 15) is 8.42 Å². The summed E-state index contributed by atoms with van der Waals surface area (Å²) in [7, 11) is -3.45. The molecule has 1 heterocycles. The lowest BCUT2D eigenvalue weighted by atomic mass is 9.80. The summed E-state index contributed by atoms with van der Waals surface area (Å²) in [5.41, 5.74) is 1.09. The van der Waals surface area contributed by atoms with Crippen molar-refractivity contribution in [3.05, 3.63) is 29.8 Å². The van der Waals surface area contributed by atoms with Gasteiger partial charge in [0.15, 0.2) is 0 Å². The molecule has 3 rings (SSSR count). The molecule has 0 spiro atoms. The fraction of sp³-hybridized carbons (Fsp3) is 0.667. The van der Waals surface area contributed by atoms with Crippen molar-refractivity contribution in [3.63, 3.8) is 0 Å². The molecular formula is C18H29N2O3S+. The number of hydrogen-bond donors (Lipinski definition) is 2.